The first-order valence-electron chi connectivity index (χ1n) is 8.01. The van der Waals surface area contributed by atoms with Gasteiger partial charge in [0.1, 0.15) is 0 Å². The molecular formula is C18H19Cl2N3O. The number of anilines is 1. The van der Waals surface area contributed by atoms with Crippen molar-refractivity contribution in [3.8, 4) is 0 Å². The maximum Gasteiger partial charge on any atom is 0.252 e. The molecule has 0 atom stereocenters. The van der Waals surface area contributed by atoms with Gasteiger partial charge in [0, 0.05) is 42.7 Å². The van der Waals surface area contributed by atoms with Gasteiger partial charge in [-0.2, -0.15) is 0 Å². The van der Waals surface area contributed by atoms with Crippen molar-refractivity contribution < 1.29 is 4.79 Å². The second kappa shape index (κ2) is 7.86. The van der Waals surface area contributed by atoms with Crippen LogP contribution >= 0.6 is 23.2 Å². The molecule has 0 bridgehead atoms. The van der Waals surface area contributed by atoms with E-state index in [2.05, 4.69) is 15.2 Å². The van der Waals surface area contributed by atoms with E-state index in [1.165, 1.54) is 5.69 Å². The molecule has 126 valence electrons. The Morgan fingerprint density at radius 3 is 2.58 bits per heavy atom. The first kappa shape index (κ1) is 17.1. The third kappa shape index (κ3) is 4.19. The number of aromatic nitrogens is 1. The summed E-state index contributed by atoms with van der Waals surface area (Å²) in [6.07, 6.45) is 5.73. The Bertz CT molecular complexity index is 701. The highest BCUT2D eigenvalue weighted by atomic mass is 35.5. The van der Waals surface area contributed by atoms with Gasteiger partial charge in [0.05, 0.1) is 10.6 Å². The van der Waals surface area contributed by atoms with Crippen molar-refractivity contribution in [3.63, 3.8) is 0 Å². The summed E-state index contributed by atoms with van der Waals surface area (Å²) in [5.41, 5.74) is 1.64. The molecule has 1 amide bonds. The fourth-order valence-electron chi connectivity index (χ4n) is 2.95. The van der Waals surface area contributed by atoms with Gasteiger partial charge in [-0.1, -0.05) is 23.2 Å². The van der Waals surface area contributed by atoms with Crippen molar-refractivity contribution in [2.75, 3.05) is 24.5 Å². The number of benzene rings is 1. The number of halogens is 2. The summed E-state index contributed by atoms with van der Waals surface area (Å²) in [6, 6.07) is 8.99. The maximum atomic E-state index is 12.3. The summed E-state index contributed by atoms with van der Waals surface area (Å²) in [5, 5.41) is 3.91. The van der Waals surface area contributed by atoms with Gasteiger partial charge < -0.3 is 10.2 Å². The van der Waals surface area contributed by atoms with Crippen LogP contribution in [0.3, 0.4) is 0 Å². The predicted octanol–water partition coefficient (Wildman–Crippen LogP) is 4.03. The Labute approximate surface area is 151 Å². The van der Waals surface area contributed by atoms with Crippen molar-refractivity contribution in [1.82, 2.24) is 10.3 Å². The lowest BCUT2D eigenvalue weighted by atomic mass is 9.96. The number of nitrogens with zero attached hydrogens (tertiary/aromatic N) is 2. The molecule has 0 spiro atoms. The monoisotopic (exact) mass is 363 g/mol. The van der Waals surface area contributed by atoms with Crippen molar-refractivity contribution in [2.24, 2.45) is 5.92 Å². The van der Waals surface area contributed by atoms with Gasteiger partial charge in [-0.05, 0) is 49.1 Å². The van der Waals surface area contributed by atoms with E-state index < -0.39 is 0 Å². The molecule has 4 nitrogen and oxygen atoms in total. The van der Waals surface area contributed by atoms with Gasteiger partial charge in [0.2, 0.25) is 0 Å². The highest BCUT2D eigenvalue weighted by molar-refractivity contribution is 6.35. The lowest BCUT2D eigenvalue weighted by Gasteiger charge is -2.33. The third-order valence-electron chi connectivity index (χ3n) is 4.37. The Kier molecular flexibility index (Phi) is 5.59. The van der Waals surface area contributed by atoms with Crippen molar-refractivity contribution in [3.05, 3.63) is 58.3 Å². The molecule has 0 unspecified atom stereocenters. The first-order chi connectivity index (χ1) is 11.6. The summed E-state index contributed by atoms with van der Waals surface area (Å²) in [7, 11) is 0. The van der Waals surface area contributed by atoms with Crippen LogP contribution in [-0.2, 0) is 0 Å². The van der Waals surface area contributed by atoms with E-state index >= 15 is 0 Å². The van der Waals surface area contributed by atoms with Crippen molar-refractivity contribution in [1.29, 1.82) is 0 Å². The Hall–Kier alpha value is -1.78. The molecule has 1 fully saturated rings. The van der Waals surface area contributed by atoms with Gasteiger partial charge in [0.15, 0.2) is 0 Å². The second-order valence-corrected chi connectivity index (χ2v) is 6.81. The molecule has 1 aliphatic rings. The van der Waals surface area contributed by atoms with Gasteiger partial charge in [-0.15, -0.1) is 0 Å². The largest absolute Gasteiger partial charge is 0.371 e. The second-order valence-electron chi connectivity index (χ2n) is 5.97. The molecule has 2 aromatic rings. The SMILES string of the molecule is O=C(NCC1CCN(c2ccncc2)CC1)c1cc(Cl)ccc1Cl. The normalized spacial score (nSPS) is 15.3. The number of carbonyl (C=O) groups is 1. The van der Waals surface area contributed by atoms with Gasteiger partial charge >= 0.3 is 0 Å². The molecule has 1 aromatic carbocycles. The highest BCUT2D eigenvalue weighted by Crippen LogP contribution is 2.23. The average molecular weight is 364 g/mol. The molecule has 1 N–H and O–H groups in total. The zero-order chi connectivity index (χ0) is 16.9. The lowest BCUT2D eigenvalue weighted by molar-refractivity contribution is 0.0945. The summed E-state index contributed by atoms with van der Waals surface area (Å²) < 4.78 is 0. The van der Waals surface area contributed by atoms with E-state index in [0.717, 1.165) is 25.9 Å². The first-order valence-corrected chi connectivity index (χ1v) is 8.77. The predicted molar refractivity (Wildman–Crippen MR) is 98.0 cm³/mol. The van der Waals surface area contributed by atoms with Crippen LogP contribution in [0.25, 0.3) is 0 Å². The summed E-state index contributed by atoms with van der Waals surface area (Å²) in [5.74, 6) is 0.309. The van der Waals surface area contributed by atoms with Crippen LogP contribution in [0, 0.1) is 5.92 Å². The molecular weight excluding hydrogens is 345 g/mol. The summed E-state index contributed by atoms with van der Waals surface area (Å²) in [4.78, 5) is 18.7. The van der Waals surface area contributed by atoms with Crippen LogP contribution in [-0.4, -0.2) is 30.5 Å². The van der Waals surface area contributed by atoms with E-state index in [-0.39, 0.29) is 5.91 Å². The number of nitrogens with one attached hydrogen (secondary N) is 1. The van der Waals surface area contributed by atoms with E-state index in [9.17, 15) is 4.79 Å². The van der Waals surface area contributed by atoms with Crippen LogP contribution < -0.4 is 10.2 Å². The number of pyridine rings is 1. The highest BCUT2D eigenvalue weighted by Gasteiger charge is 2.20. The Balaban J connectivity index is 1.50. The Morgan fingerprint density at radius 2 is 1.88 bits per heavy atom. The topological polar surface area (TPSA) is 45.2 Å². The third-order valence-corrected chi connectivity index (χ3v) is 4.93. The quantitative estimate of drug-likeness (QED) is 0.891. The molecule has 3 rings (SSSR count). The van der Waals surface area contributed by atoms with Crippen molar-refractivity contribution in [2.45, 2.75) is 12.8 Å². The molecule has 2 heterocycles. The van der Waals surface area contributed by atoms with Crippen LogP contribution in [0.2, 0.25) is 10.0 Å². The number of piperidine rings is 1. The summed E-state index contributed by atoms with van der Waals surface area (Å²) in [6.45, 7) is 2.64. The van der Waals surface area contributed by atoms with E-state index in [4.69, 9.17) is 23.2 Å². The van der Waals surface area contributed by atoms with Crippen LogP contribution in [0.5, 0.6) is 0 Å². The van der Waals surface area contributed by atoms with E-state index in [1.807, 2.05) is 24.5 Å². The summed E-state index contributed by atoms with van der Waals surface area (Å²) >= 11 is 12.0. The average Bonchev–Trinajstić information content (AvgIpc) is 2.63. The minimum absolute atomic E-state index is 0.168. The fraction of sp³-hybridized carbons (Fsp3) is 0.333. The molecule has 24 heavy (non-hydrogen) atoms. The van der Waals surface area contributed by atoms with Crippen LogP contribution in [0.1, 0.15) is 23.2 Å². The molecule has 6 heteroatoms. The fourth-order valence-corrected chi connectivity index (χ4v) is 3.33. The minimum atomic E-state index is -0.168. The maximum absolute atomic E-state index is 12.3. The molecule has 1 saturated heterocycles. The van der Waals surface area contributed by atoms with E-state index in [0.29, 0.717) is 28.1 Å². The zero-order valence-corrected chi connectivity index (χ0v) is 14.7. The van der Waals surface area contributed by atoms with Crippen molar-refractivity contribution >= 4 is 34.8 Å². The van der Waals surface area contributed by atoms with E-state index in [1.54, 1.807) is 18.2 Å². The zero-order valence-electron chi connectivity index (χ0n) is 13.2. The molecule has 1 aromatic heterocycles. The lowest BCUT2D eigenvalue weighted by Crippen LogP contribution is -2.38. The molecule has 1 aliphatic heterocycles. The standard InChI is InChI=1S/C18H19Cl2N3O/c19-14-1-2-17(20)16(11-14)18(24)22-12-13-5-9-23(10-6-13)15-3-7-21-8-4-15/h1-4,7-8,11,13H,5-6,9-10,12H2,(H,22,24). The van der Waals surface area contributed by atoms with Gasteiger partial charge in [-0.25, -0.2) is 0 Å². The Morgan fingerprint density at radius 1 is 1.17 bits per heavy atom. The molecule has 0 radical (unpaired) electrons. The smallest absolute Gasteiger partial charge is 0.252 e. The number of carbonyl (C=O) groups excluding carboxylic acids is 1. The van der Waals surface area contributed by atoms with Crippen LogP contribution in [0.15, 0.2) is 42.7 Å². The van der Waals surface area contributed by atoms with Gasteiger partial charge in [0.25, 0.3) is 5.91 Å². The minimum Gasteiger partial charge on any atom is -0.371 e. The molecule has 0 aliphatic carbocycles. The van der Waals surface area contributed by atoms with Gasteiger partial charge in [-0.3, -0.25) is 9.78 Å². The number of hydrogen-bond donors (Lipinski definition) is 1. The number of hydrogen-bond acceptors (Lipinski definition) is 3. The molecule has 0 saturated carbocycles. The number of rotatable bonds is 4. The van der Waals surface area contributed by atoms with Crippen LogP contribution in [0.4, 0.5) is 5.69 Å². The number of amides is 1.